The predicted molar refractivity (Wildman–Crippen MR) is 268 cm³/mol. The first-order valence-electron chi connectivity index (χ1n) is 25.1. The third-order valence-corrected chi connectivity index (χ3v) is 10.6. The number of hydrogen-bond acceptors (Lipinski definition) is 5. The lowest BCUT2D eigenvalue weighted by Crippen LogP contribution is -2.46. The van der Waals surface area contributed by atoms with E-state index in [2.05, 4.69) is 129 Å². The monoisotopic (exact) mass is 860 g/mol. The zero-order valence-electron chi connectivity index (χ0n) is 40.0. The molecule has 0 aromatic heterocycles. The Morgan fingerprint density at radius 2 is 0.871 bits per heavy atom. The second-order valence-corrected chi connectivity index (χ2v) is 16.4. The molecule has 3 atom stereocenters. The van der Waals surface area contributed by atoms with Gasteiger partial charge in [0.15, 0.2) is 0 Å². The van der Waals surface area contributed by atoms with E-state index in [4.69, 9.17) is 4.74 Å². The van der Waals surface area contributed by atoms with Gasteiger partial charge < -0.3 is 20.3 Å². The maximum Gasteiger partial charge on any atom is 0.306 e. The molecule has 0 aliphatic rings. The summed E-state index contributed by atoms with van der Waals surface area (Å²) in [4.78, 5) is 26.1. The molecule has 0 fully saturated rings. The number of amides is 1. The summed E-state index contributed by atoms with van der Waals surface area (Å²) in [6.07, 6.45) is 65.8. The summed E-state index contributed by atoms with van der Waals surface area (Å²) in [6.45, 7) is 6.21. The molecule has 6 nitrogen and oxygen atoms in total. The number of allylic oxidation sites excluding steroid dienone is 18. The van der Waals surface area contributed by atoms with E-state index in [0.29, 0.717) is 19.3 Å². The van der Waals surface area contributed by atoms with Gasteiger partial charge >= 0.3 is 5.97 Å². The Morgan fingerprint density at radius 3 is 1.32 bits per heavy atom. The van der Waals surface area contributed by atoms with Gasteiger partial charge in [-0.25, -0.2) is 0 Å². The zero-order chi connectivity index (χ0) is 45.2. The highest BCUT2D eigenvalue weighted by Crippen LogP contribution is 2.16. The van der Waals surface area contributed by atoms with Crippen LogP contribution in [0.25, 0.3) is 0 Å². The molecule has 0 aromatic rings. The Labute approximate surface area is 381 Å². The maximum atomic E-state index is 13.2. The minimum atomic E-state index is -0.812. The van der Waals surface area contributed by atoms with E-state index in [1.807, 2.05) is 6.08 Å². The van der Waals surface area contributed by atoms with Gasteiger partial charge in [-0.2, -0.15) is 0 Å². The van der Waals surface area contributed by atoms with Crippen molar-refractivity contribution >= 4 is 11.9 Å². The summed E-state index contributed by atoms with van der Waals surface area (Å²) >= 11 is 0. The molecule has 3 N–H and O–H groups in total. The van der Waals surface area contributed by atoms with E-state index in [1.54, 1.807) is 0 Å². The van der Waals surface area contributed by atoms with Crippen molar-refractivity contribution in [3.05, 3.63) is 109 Å². The number of carbonyl (C=O) groups is 2. The third kappa shape index (κ3) is 43.2. The number of nitrogens with one attached hydrogen (secondary N) is 1. The first-order valence-corrected chi connectivity index (χ1v) is 25.1. The number of aliphatic hydroxyl groups is 2. The summed E-state index contributed by atoms with van der Waals surface area (Å²) in [6, 6.07) is -0.730. The standard InChI is InChI=1S/C56H93NO5/c1-4-7-10-13-16-19-22-24-26-27-28-29-30-32-34-37-40-43-46-49-56(61)62-52(47-44-41-38-35-33-31-25-23-20-17-14-11-8-5-2)50-55(60)57-53(51-58)54(59)48-45-42-39-36-21-18-15-12-9-6-3/h7-8,10-11,16-17,19-20,24-26,28-29,31-32,34,40,43,52-54,58-59H,4-6,9,12-15,18,21-23,27,30,33,35-39,41-42,44-51H2,1-3H3,(H,57,60)/b10-7-,11-8+,19-16-,20-17+,26-24-,29-28-,31-25+,34-32-,43-40-. The number of unbranched alkanes of at least 4 members (excludes halogenated alkanes) is 13. The molecule has 352 valence electrons. The van der Waals surface area contributed by atoms with Gasteiger partial charge in [-0.1, -0.05) is 207 Å². The predicted octanol–water partition coefficient (Wildman–Crippen LogP) is 15.1. The summed E-state index contributed by atoms with van der Waals surface area (Å²) in [5.74, 6) is -0.607. The Hall–Kier alpha value is -3.48. The van der Waals surface area contributed by atoms with Crippen LogP contribution in [-0.4, -0.2) is 46.9 Å². The van der Waals surface area contributed by atoms with Crippen molar-refractivity contribution in [1.82, 2.24) is 5.32 Å². The molecule has 0 rings (SSSR count). The highest BCUT2D eigenvalue weighted by molar-refractivity contribution is 5.77. The second kappa shape index (κ2) is 48.6. The van der Waals surface area contributed by atoms with Crippen LogP contribution in [0.1, 0.15) is 207 Å². The highest BCUT2D eigenvalue weighted by Gasteiger charge is 2.24. The average Bonchev–Trinajstić information content (AvgIpc) is 3.26. The number of rotatable bonds is 43. The van der Waals surface area contributed by atoms with Crippen LogP contribution in [0.4, 0.5) is 0 Å². The van der Waals surface area contributed by atoms with Gasteiger partial charge in [0, 0.05) is 6.42 Å². The fraction of sp³-hybridized carbons (Fsp3) is 0.643. The first kappa shape index (κ1) is 58.5. The molecule has 1 amide bonds. The lowest BCUT2D eigenvalue weighted by molar-refractivity contribution is -0.150. The second-order valence-electron chi connectivity index (χ2n) is 16.4. The van der Waals surface area contributed by atoms with Crippen LogP contribution in [0.15, 0.2) is 109 Å². The van der Waals surface area contributed by atoms with Gasteiger partial charge in [-0.05, 0) is 96.3 Å². The summed E-state index contributed by atoms with van der Waals surface area (Å²) < 4.78 is 5.87. The Morgan fingerprint density at radius 1 is 0.484 bits per heavy atom. The van der Waals surface area contributed by atoms with Gasteiger partial charge in [0.25, 0.3) is 0 Å². The molecule has 0 radical (unpaired) electrons. The van der Waals surface area contributed by atoms with Crippen molar-refractivity contribution < 1.29 is 24.5 Å². The smallest absolute Gasteiger partial charge is 0.306 e. The molecule has 6 heteroatoms. The van der Waals surface area contributed by atoms with E-state index in [-0.39, 0.29) is 31.3 Å². The fourth-order valence-electron chi connectivity index (χ4n) is 6.88. The lowest BCUT2D eigenvalue weighted by Gasteiger charge is -2.24. The van der Waals surface area contributed by atoms with Crippen molar-refractivity contribution in [2.24, 2.45) is 0 Å². The van der Waals surface area contributed by atoms with Crippen molar-refractivity contribution in [1.29, 1.82) is 0 Å². The number of carbonyl (C=O) groups excluding carboxylic acids is 2. The number of aliphatic hydroxyl groups excluding tert-OH is 2. The molecule has 62 heavy (non-hydrogen) atoms. The average molecular weight is 860 g/mol. The fourth-order valence-corrected chi connectivity index (χ4v) is 6.88. The first-order chi connectivity index (χ1) is 30.5. The van der Waals surface area contributed by atoms with Gasteiger partial charge in [-0.15, -0.1) is 0 Å². The molecule has 0 aromatic carbocycles. The SMILES string of the molecule is CC/C=C\C/C=C\C/C=C\C/C=C\C/C=C\C/C=C\CCC(=O)OC(CCCCCC/C=C/C/C=C/C/C=C/CC)CC(=O)NC(CO)C(O)CCCCCCCCCCCC. The molecule has 3 unspecified atom stereocenters. The van der Waals surface area contributed by atoms with Crippen LogP contribution in [0, 0.1) is 0 Å². The van der Waals surface area contributed by atoms with Crippen molar-refractivity contribution in [2.75, 3.05) is 6.61 Å². The van der Waals surface area contributed by atoms with Crippen LogP contribution in [0.3, 0.4) is 0 Å². The number of hydrogen-bond donors (Lipinski definition) is 3. The van der Waals surface area contributed by atoms with E-state index in [1.165, 1.54) is 44.9 Å². The van der Waals surface area contributed by atoms with Crippen molar-refractivity contribution in [2.45, 2.75) is 225 Å². The molecule has 0 heterocycles. The minimum Gasteiger partial charge on any atom is -0.462 e. The third-order valence-electron chi connectivity index (χ3n) is 10.6. The van der Waals surface area contributed by atoms with Gasteiger partial charge in [0.1, 0.15) is 6.10 Å². The summed E-state index contributed by atoms with van der Waals surface area (Å²) in [7, 11) is 0. The van der Waals surface area contributed by atoms with Crippen LogP contribution >= 0.6 is 0 Å². The van der Waals surface area contributed by atoms with Gasteiger partial charge in [0.2, 0.25) is 5.91 Å². The van der Waals surface area contributed by atoms with E-state index < -0.39 is 18.2 Å². The molecule has 0 saturated carbocycles. The molecular formula is C56H93NO5. The van der Waals surface area contributed by atoms with E-state index >= 15 is 0 Å². The molecule has 0 aliphatic carbocycles. The highest BCUT2D eigenvalue weighted by atomic mass is 16.5. The Bertz CT molecular complexity index is 1280. The van der Waals surface area contributed by atoms with Crippen LogP contribution in [0.5, 0.6) is 0 Å². The lowest BCUT2D eigenvalue weighted by atomic mass is 10.0. The molecule has 0 bridgehead atoms. The molecule has 0 aliphatic heterocycles. The van der Waals surface area contributed by atoms with Crippen molar-refractivity contribution in [3.63, 3.8) is 0 Å². The van der Waals surface area contributed by atoms with Gasteiger partial charge in [0.05, 0.1) is 25.2 Å². The topological polar surface area (TPSA) is 95.9 Å². The molecule has 0 spiro atoms. The molecule has 0 saturated heterocycles. The Kier molecular flexibility index (Phi) is 45.8. The van der Waals surface area contributed by atoms with Crippen LogP contribution < -0.4 is 5.32 Å². The zero-order valence-corrected chi connectivity index (χ0v) is 40.0. The van der Waals surface area contributed by atoms with Crippen LogP contribution in [-0.2, 0) is 14.3 Å². The van der Waals surface area contributed by atoms with E-state index in [9.17, 15) is 19.8 Å². The van der Waals surface area contributed by atoms with Crippen LogP contribution in [0.2, 0.25) is 0 Å². The minimum absolute atomic E-state index is 0.0254. The maximum absolute atomic E-state index is 13.2. The Balaban J connectivity index is 4.76. The quantitative estimate of drug-likeness (QED) is 0.0322. The largest absolute Gasteiger partial charge is 0.462 e. The van der Waals surface area contributed by atoms with Crippen molar-refractivity contribution in [3.8, 4) is 0 Å². The van der Waals surface area contributed by atoms with E-state index in [0.717, 1.165) is 109 Å². The summed E-state index contributed by atoms with van der Waals surface area (Å²) in [5.41, 5.74) is 0. The number of esters is 1. The number of ether oxygens (including phenoxy) is 1. The summed E-state index contributed by atoms with van der Waals surface area (Å²) in [5, 5.41) is 23.7. The normalized spacial score (nSPS) is 14.2. The molecular weight excluding hydrogens is 767 g/mol. The van der Waals surface area contributed by atoms with Gasteiger partial charge in [-0.3, -0.25) is 9.59 Å².